The van der Waals surface area contributed by atoms with Crippen LogP contribution in [0.15, 0.2) is 105 Å². The Bertz CT molecular complexity index is 2770. The predicted molar refractivity (Wildman–Crippen MR) is 325 cm³/mol. The lowest BCUT2D eigenvalue weighted by Gasteiger charge is -2.21. The lowest BCUT2D eigenvalue weighted by molar-refractivity contribution is 0.306. The van der Waals surface area contributed by atoms with Crippen molar-refractivity contribution in [3.05, 3.63) is 124 Å². The number of hydrogen-bond donors (Lipinski definition) is 4. The van der Waals surface area contributed by atoms with Crippen molar-refractivity contribution in [1.82, 2.24) is 29.7 Å². The number of benzene rings is 4. The Labute approximate surface area is 466 Å². The Morgan fingerprint density at radius 3 is 1.37 bits per heavy atom. The van der Waals surface area contributed by atoms with Gasteiger partial charge < -0.3 is 31.1 Å². The summed E-state index contributed by atoms with van der Waals surface area (Å²) < 4.78 is 18.3. The Morgan fingerprint density at radius 2 is 0.961 bits per heavy atom. The normalized spacial score (nSPS) is 12.4. The number of aliphatic hydroxyl groups excluding tert-OH is 2. The van der Waals surface area contributed by atoms with Gasteiger partial charge in [0.15, 0.2) is 0 Å². The third-order valence-electron chi connectivity index (χ3n) is 10.5. The number of rotatable bonds is 8. The average Bonchev–Trinajstić information content (AvgIpc) is 4.18. The Morgan fingerprint density at radius 1 is 0.579 bits per heavy atom. The summed E-state index contributed by atoms with van der Waals surface area (Å²) in [6.45, 7) is 29.3. The highest BCUT2D eigenvalue weighted by atomic mass is 36.0. The molecule has 10 rings (SSSR count). The molecule has 4 aliphatic heterocycles. The van der Waals surface area contributed by atoms with Crippen LogP contribution in [-0.4, -0.2) is 125 Å². The third-order valence-corrected chi connectivity index (χ3v) is 10.8. The summed E-state index contributed by atoms with van der Waals surface area (Å²) in [4.78, 5) is 38.6. The molecule has 0 fully saturated rings. The molecule has 4 aromatic carbocycles. The van der Waals surface area contributed by atoms with Gasteiger partial charge in [-0.05, 0) is 96.5 Å². The molecule has 6 heterocycles. The summed E-state index contributed by atoms with van der Waals surface area (Å²) >= 11 is 5.93. The van der Waals surface area contributed by atoms with Gasteiger partial charge in [0.1, 0.15) is 35.3 Å². The smallest absolute Gasteiger partial charge is 0.317 e. The highest BCUT2D eigenvalue weighted by Gasteiger charge is 2.24. The topological polar surface area (TPSA) is 220 Å². The van der Waals surface area contributed by atoms with E-state index in [0.29, 0.717) is 18.2 Å². The number of nitrogens with one attached hydrogen (secondary N) is 1. The first-order chi connectivity index (χ1) is 36.8. The van der Waals surface area contributed by atoms with Crippen molar-refractivity contribution in [3.63, 3.8) is 0 Å². The van der Waals surface area contributed by atoms with Crippen LogP contribution in [0.3, 0.4) is 0 Å². The molecule has 0 radical (unpaired) electrons. The fourth-order valence-electron chi connectivity index (χ4n) is 7.01. The number of amidine groups is 2. The zero-order valence-electron chi connectivity index (χ0n) is 46.5. The van der Waals surface area contributed by atoms with Gasteiger partial charge in [0, 0.05) is 69.4 Å². The number of aryl methyl sites for hydroxylation is 4. The van der Waals surface area contributed by atoms with Crippen molar-refractivity contribution < 1.29 is 18.6 Å². The van der Waals surface area contributed by atoms with Gasteiger partial charge in [-0.2, -0.15) is 8.42 Å². The van der Waals surface area contributed by atoms with Gasteiger partial charge in [0.25, 0.3) is 0 Å². The molecule has 0 atom stereocenters. The van der Waals surface area contributed by atoms with E-state index in [1.807, 2.05) is 86.3 Å². The minimum absolute atomic E-state index is 0.0962. The second-order valence-electron chi connectivity index (χ2n) is 15.0. The van der Waals surface area contributed by atoms with E-state index >= 15 is 0 Å². The van der Waals surface area contributed by atoms with Crippen molar-refractivity contribution in [2.45, 2.75) is 109 Å². The molecule has 5 N–H and O–H groups in total. The van der Waals surface area contributed by atoms with E-state index in [9.17, 15) is 0 Å². The van der Waals surface area contributed by atoms with Crippen molar-refractivity contribution in [2.24, 2.45) is 25.7 Å². The van der Waals surface area contributed by atoms with Crippen molar-refractivity contribution in [3.8, 4) is 0 Å². The van der Waals surface area contributed by atoms with Gasteiger partial charge in [-0.25, -0.2) is 29.9 Å². The molecule has 0 unspecified atom stereocenters. The molecule has 6 aromatic rings. The van der Waals surface area contributed by atoms with Gasteiger partial charge >= 0.3 is 8.26 Å². The number of aliphatic hydroxyl groups is 2. The number of hydrogen-bond acceptors (Lipinski definition) is 16. The van der Waals surface area contributed by atoms with Crippen LogP contribution in [0.4, 0.5) is 17.2 Å². The zero-order chi connectivity index (χ0) is 57.1. The molecule has 20 heteroatoms. The number of nitrogens with zero attached hydrogens (tertiary/aromatic N) is 10. The Balaban J connectivity index is 0.000000462. The number of nitrogens with two attached hydrogens (primary N) is 1. The molecule has 76 heavy (non-hydrogen) atoms. The first-order valence-corrected chi connectivity index (χ1v) is 29.8. The molecule has 0 amide bonds. The molecule has 0 aliphatic carbocycles. The maximum Gasteiger partial charge on any atom is 0.317 e. The minimum atomic E-state index is -3.72. The molecule has 2 aromatic heterocycles. The Hall–Kier alpha value is -5.66. The second-order valence-corrected chi connectivity index (χ2v) is 19.1. The molecule has 0 saturated carbocycles. The molecule has 0 spiro atoms. The van der Waals surface area contributed by atoms with Crippen LogP contribution in [0.5, 0.6) is 0 Å². The van der Waals surface area contributed by atoms with Crippen LogP contribution in [0.2, 0.25) is 5.15 Å². The van der Waals surface area contributed by atoms with Crippen LogP contribution in [0, 0.1) is 0 Å². The van der Waals surface area contributed by atoms with Gasteiger partial charge in [-0.1, -0.05) is 119 Å². The number of aromatic nitrogens is 4. The SMILES string of the molecule is CC.CC.CC.CC.CCc1ccc2c(c1)C1=NCCN1C=N2.CCc1ccc2c(c1)C1=NCCN1C=N2.CCc1ccc2ncnc(Cl)c2c1.CCc1ccc2ncnc(NCCO)c2c1.NCCO.O=S(=O)(Cl)Cl. The van der Waals surface area contributed by atoms with Crippen LogP contribution in [-0.2, 0) is 33.9 Å². The van der Waals surface area contributed by atoms with E-state index < -0.39 is 8.26 Å². The van der Waals surface area contributed by atoms with E-state index in [1.165, 1.54) is 46.0 Å². The van der Waals surface area contributed by atoms with E-state index in [2.05, 4.69) is 159 Å². The number of halogens is 3. The highest BCUT2D eigenvalue weighted by molar-refractivity contribution is 8.31. The molecule has 0 saturated heterocycles. The first kappa shape index (κ1) is 68.4. The number of anilines is 1. The Kier molecular flexibility index (Phi) is 34.9. The summed E-state index contributed by atoms with van der Waals surface area (Å²) in [6, 6.07) is 25.1. The fraction of sp³-hybridized carbons (Fsp3) is 0.429. The monoisotopic (exact) mass is 1120 g/mol. The number of aliphatic imine (C=N–C) groups is 4. The summed E-state index contributed by atoms with van der Waals surface area (Å²) in [7, 11) is 4.81. The van der Waals surface area contributed by atoms with Gasteiger partial charge in [-0.3, -0.25) is 9.98 Å². The van der Waals surface area contributed by atoms with E-state index in [0.717, 1.165) is 103 Å². The van der Waals surface area contributed by atoms with Gasteiger partial charge in [-0.15, -0.1) is 0 Å². The summed E-state index contributed by atoms with van der Waals surface area (Å²) in [5.41, 5.74) is 16.3. The zero-order valence-corrected chi connectivity index (χ0v) is 49.6. The van der Waals surface area contributed by atoms with Crippen LogP contribution in [0.1, 0.15) is 116 Å². The van der Waals surface area contributed by atoms with Crippen molar-refractivity contribution in [2.75, 3.05) is 57.8 Å². The van der Waals surface area contributed by atoms with Crippen LogP contribution >= 0.6 is 33.0 Å². The first-order valence-electron chi connectivity index (χ1n) is 26.2. The summed E-state index contributed by atoms with van der Waals surface area (Å²) in [5, 5.41) is 22.1. The molecule has 16 nitrogen and oxygen atoms in total. The van der Waals surface area contributed by atoms with E-state index in [1.54, 1.807) is 0 Å². The average molecular weight is 1120 g/mol. The quantitative estimate of drug-likeness (QED) is 0.0826. The molecule has 4 aliphatic rings. The van der Waals surface area contributed by atoms with Crippen molar-refractivity contribution >= 4 is 105 Å². The summed E-state index contributed by atoms with van der Waals surface area (Å²) in [6.07, 6.45) is 10.9. The van der Waals surface area contributed by atoms with E-state index in [4.69, 9.17) is 36.0 Å². The molecular formula is C56H81Cl3N12O4S. The predicted octanol–water partition coefficient (Wildman–Crippen LogP) is 12.2. The maximum atomic E-state index is 9.16. The second kappa shape index (κ2) is 38.8. The van der Waals surface area contributed by atoms with Crippen LogP contribution in [0.25, 0.3) is 21.8 Å². The fourth-order valence-corrected chi connectivity index (χ4v) is 7.20. The highest BCUT2D eigenvalue weighted by Crippen LogP contribution is 2.29. The lowest BCUT2D eigenvalue weighted by Crippen LogP contribution is -2.29. The van der Waals surface area contributed by atoms with Gasteiger partial charge in [0.05, 0.1) is 61.4 Å². The molecule has 416 valence electrons. The van der Waals surface area contributed by atoms with Gasteiger partial charge in [0.2, 0.25) is 0 Å². The lowest BCUT2D eigenvalue weighted by atomic mass is 10.0. The standard InChI is InChI=1S/C12H15N3O.2C12H13N3.C10H9ClN2.C2H7NO.4C2H6.Cl2O2S/c1-2-9-3-4-11-10(7-9)12(13-5-6-16)15-8-14-11;2*1-2-9-3-4-11-10(7-9)12-13-5-6-15(12)8-14-11;1-2-7-3-4-9-8(5-7)10(11)13-6-12-9;3-1-2-4;4*1-2;1-5(2,3)4/h3-4,7-8,16H,2,5-6H2,1H3,(H,13,14,15);2*3-4,7-8H,2,5-6H2,1H3;3-6H,2H2,1H3;4H,1-3H2;4*1-2H3;. The third kappa shape index (κ3) is 22.5. The maximum absolute atomic E-state index is 9.16. The minimum Gasteiger partial charge on any atom is -0.395 e. The largest absolute Gasteiger partial charge is 0.395 e. The molecule has 0 bridgehead atoms. The number of fused-ring (bicyclic) bond motifs is 8. The summed E-state index contributed by atoms with van der Waals surface area (Å²) in [5.74, 6) is 2.97. The molecular weight excluding hydrogens is 1040 g/mol. The van der Waals surface area contributed by atoms with Crippen LogP contribution < -0.4 is 11.1 Å². The van der Waals surface area contributed by atoms with E-state index in [-0.39, 0.29) is 13.2 Å². The van der Waals surface area contributed by atoms with Crippen molar-refractivity contribution in [1.29, 1.82) is 0 Å².